The van der Waals surface area contributed by atoms with Crippen molar-refractivity contribution in [2.45, 2.75) is 63.3 Å². The molecule has 2 aromatic rings. The van der Waals surface area contributed by atoms with Crippen molar-refractivity contribution in [3.05, 3.63) is 58.7 Å². The summed E-state index contributed by atoms with van der Waals surface area (Å²) >= 11 is 0. The summed E-state index contributed by atoms with van der Waals surface area (Å²) in [6, 6.07) is 10.4. The van der Waals surface area contributed by atoms with Gasteiger partial charge in [0.1, 0.15) is 0 Å². The fourth-order valence-corrected chi connectivity index (χ4v) is 6.57. The first-order valence-electron chi connectivity index (χ1n) is 12.4. The molecular weight excluding hydrogens is 464 g/mol. The van der Waals surface area contributed by atoms with Crippen LogP contribution >= 0.6 is 0 Å². The van der Waals surface area contributed by atoms with Gasteiger partial charge < -0.3 is 15.5 Å². The van der Waals surface area contributed by atoms with Crippen LogP contribution in [-0.2, 0) is 22.9 Å². The zero-order valence-corrected chi connectivity index (χ0v) is 21.2. The van der Waals surface area contributed by atoms with Gasteiger partial charge in [-0.15, -0.1) is 0 Å². The number of likely N-dealkylation sites (tertiary alicyclic amines) is 1. The molecule has 1 aliphatic heterocycles. The maximum atomic E-state index is 13.4. The summed E-state index contributed by atoms with van der Waals surface area (Å²) in [5.41, 5.74) is 3.88. The molecule has 3 N–H and O–H groups in total. The van der Waals surface area contributed by atoms with Gasteiger partial charge in [-0.1, -0.05) is 18.2 Å². The lowest BCUT2D eigenvalue weighted by Crippen LogP contribution is -2.49. The van der Waals surface area contributed by atoms with Gasteiger partial charge in [0.15, 0.2) is 0 Å². The lowest BCUT2D eigenvalue weighted by Gasteiger charge is -2.32. The molecule has 2 aliphatic rings. The van der Waals surface area contributed by atoms with Crippen LogP contribution in [0.1, 0.15) is 59.7 Å². The van der Waals surface area contributed by atoms with Crippen molar-refractivity contribution < 1.29 is 18.0 Å². The molecule has 188 valence electrons. The van der Waals surface area contributed by atoms with E-state index >= 15 is 0 Å². The number of nitrogens with zero attached hydrogens (tertiary/aromatic N) is 1. The van der Waals surface area contributed by atoms with E-state index < -0.39 is 10.0 Å². The topological polar surface area (TPSA) is 108 Å². The number of sulfonamides is 1. The molecule has 8 nitrogen and oxygen atoms in total. The molecule has 0 saturated carbocycles. The number of piperidine rings is 1. The van der Waals surface area contributed by atoms with Crippen LogP contribution in [0.25, 0.3) is 0 Å². The summed E-state index contributed by atoms with van der Waals surface area (Å²) < 4.78 is 29.7. The maximum Gasteiger partial charge on any atom is 0.317 e. The molecule has 0 spiro atoms. The van der Waals surface area contributed by atoms with E-state index in [9.17, 15) is 18.0 Å². The highest BCUT2D eigenvalue weighted by atomic mass is 32.2. The van der Waals surface area contributed by atoms with Crippen molar-refractivity contribution in [2.24, 2.45) is 0 Å². The molecule has 0 atom stereocenters. The number of carbonyl (C=O) groups excluding carboxylic acids is 2. The van der Waals surface area contributed by atoms with E-state index in [2.05, 4.69) is 15.4 Å². The van der Waals surface area contributed by atoms with E-state index in [0.29, 0.717) is 55.0 Å². The Bertz CT molecular complexity index is 1200. The van der Waals surface area contributed by atoms with E-state index in [4.69, 9.17) is 0 Å². The molecule has 4 rings (SSSR count). The predicted octanol–water partition coefficient (Wildman–Crippen LogP) is 3.60. The Labute approximate surface area is 207 Å². The van der Waals surface area contributed by atoms with Crippen molar-refractivity contribution in [3.63, 3.8) is 0 Å². The number of hydrogen-bond acceptors (Lipinski definition) is 4. The van der Waals surface area contributed by atoms with Crippen LogP contribution in [0.2, 0.25) is 0 Å². The quantitative estimate of drug-likeness (QED) is 0.566. The van der Waals surface area contributed by atoms with Crippen LogP contribution in [0.3, 0.4) is 0 Å². The molecule has 1 heterocycles. The third kappa shape index (κ3) is 5.67. The number of rotatable bonds is 6. The number of hydrogen-bond donors (Lipinski definition) is 3. The number of aryl methyl sites for hydroxylation is 1. The smallest absolute Gasteiger partial charge is 0.317 e. The lowest BCUT2D eigenvalue weighted by atomic mass is 9.90. The normalized spacial score (nSPS) is 16.5. The van der Waals surface area contributed by atoms with E-state index in [1.807, 2.05) is 32.0 Å². The van der Waals surface area contributed by atoms with Gasteiger partial charge in [0.25, 0.3) is 5.91 Å². The Morgan fingerprint density at radius 1 is 1.00 bits per heavy atom. The lowest BCUT2D eigenvalue weighted by molar-refractivity contribution is 0.102. The Balaban J connectivity index is 1.52. The first kappa shape index (κ1) is 25.2. The highest BCUT2D eigenvalue weighted by molar-refractivity contribution is 7.89. The van der Waals surface area contributed by atoms with Gasteiger partial charge in [0, 0.05) is 36.9 Å². The van der Waals surface area contributed by atoms with E-state index in [1.54, 1.807) is 23.1 Å². The van der Waals surface area contributed by atoms with Crippen LogP contribution in [0.5, 0.6) is 0 Å². The fourth-order valence-electron chi connectivity index (χ4n) is 4.97. The first-order chi connectivity index (χ1) is 16.8. The summed E-state index contributed by atoms with van der Waals surface area (Å²) in [5.74, 6) is -0.191. The second-order valence-corrected chi connectivity index (χ2v) is 10.9. The minimum atomic E-state index is -3.74. The Hall–Kier alpha value is -2.91. The van der Waals surface area contributed by atoms with Gasteiger partial charge in [-0.2, -0.15) is 0 Å². The monoisotopic (exact) mass is 498 g/mol. The third-order valence-corrected chi connectivity index (χ3v) is 8.46. The summed E-state index contributed by atoms with van der Waals surface area (Å²) in [6.07, 6.45) is 4.40. The average Bonchev–Trinajstić information content (AvgIpc) is 2.84. The summed E-state index contributed by atoms with van der Waals surface area (Å²) in [6.45, 7) is 5.37. The minimum Gasteiger partial charge on any atom is -0.338 e. The zero-order chi connectivity index (χ0) is 25.0. The van der Waals surface area contributed by atoms with Gasteiger partial charge in [0.2, 0.25) is 10.0 Å². The van der Waals surface area contributed by atoms with E-state index in [0.717, 1.165) is 36.0 Å². The number of fused-ring (bicyclic) bond motifs is 1. The molecule has 0 unspecified atom stereocenters. The van der Waals surface area contributed by atoms with Crippen LogP contribution in [0, 0.1) is 6.92 Å². The van der Waals surface area contributed by atoms with Gasteiger partial charge in [-0.05, 0) is 87.3 Å². The standard InChI is InChI=1S/C26H34N4O4S/c1-3-27-26(32)30-16-14-19(15-17-30)29-35(33,34)24-13-12-23(21-10-6-7-11-22(21)24)28-25(31)20-9-5-4-8-18(20)2/h4-5,8-9,12-13,19,29H,3,6-7,10-11,14-17H2,1-2H3,(H,27,32)(H,28,31). The Morgan fingerprint density at radius 2 is 1.69 bits per heavy atom. The molecule has 0 aromatic heterocycles. The molecule has 3 amide bonds. The number of carbonyl (C=O) groups is 2. The number of benzene rings is 2. The first-order valence-corrected chi connectivity index (χ1v) is 13.9. The van der Waals surface area contributed by atoms with Gasteiger partial charge in [-0.25, -0.2) is 17.9 Å². The third-order valence-electron chi connectivity index (χ3n) is 6.85. The molecule has 9 heteroatoms. The number of amides is 3. The van der Waals surface area contributed by atoms with Crippen LogP contribution in [-0.4, -0.2) is 50.9 Å². The molecule has 2 aromatic carbocycles. The number of urea groups is 1. The van der Waals surface area contributed by atoms with E-state index in [-0.39, 0.29) is 18.0 Å². The minimum absolute atomic E-state index is 0.105. The second-order valence-electron chi connectivity index (χ2n) is 9.26. The summed E-state index contributed by atoms with van der Waals surface area (Å²) in [7, 11) is -3.74. The Morgan fingerprint density at radius 3 is 2.37 bits per heavy atom. The largest absolute Gasteiger partial charge is 0.338 e. The fraction of sp³-hybridized carbons (Fsp3) is 0.462. The zero-order valence-electron chi connectivity index (χ0n) is 20.4. The highest BCUT2D eigenvalue weighted by Gasteiger charge is 2.30. The van der Waals surface area contributed by atoms with Crippen LogP contribution < -0.4 is 15.4 Å². The predicted molar refractivity (Wildman–Crippen MR) is 136 cm³/mol. The molecular formula is C26H34N4O4S. The van der Waals surface area contributed by atoms with Gasteiger partial charge in [0.05, 0.1) is 4.90 Å². The maximum absolute atomic E-state index is 13.4. The Kier molecular flexibility index (Phi) is 7.76. The number of anilines is 1. The molecule has 1 saturated heterocycles. The van der Waals surface area contributed by atoms with E-state index in [1.165, 1.54) is 0 Å². The van der Waals surface area contributed by atoms with Gasteiger partial charge >= 0.3 is 6.03 Å². The summed E-state index contributed by atoms with van der Waals surface area (Å²) in [4.78, 5) is 27.0. The SMILES string of the molecule is CCNC(=O)N1CCC(NS(=O)(=O)c2ccc(NC(=O)c3ccccc3C)c3c2CCCC3)CC1. The number of nitrogens with one attached hydrogen (secondary N) is 3. The molecule has 0 bridgehead atoms. The summed E-state index contributed by atoms with van der Waals surface area (Å²) in [5, 5.41) is 5.80. The molecule has 1 fully saturated rings. The molecule has 35 heavy (non-hydrogen) atoms. The average molecular weight is 499 g/mol. The van der Waals surface area contributed by atoms with Crippen LogP contribution in [0.4, 0.5) is 10.5 Å². The van der Waals surface area contributed by atoms with Gasteiger partial charge in [-0.3, -0.25) is 4.79 Å². The molecule has 0 radical (unpaired) electrons. The van der Waals surface area contributed by atoms with Crippen molar-refractivity contribution in [2.75, 3.05) is 25.0 Å². The highest BCUT2D eigenvalue weighted by Crippen LogP contribution is 2.34. The van der Waals surface area contributed by atoms with Crippen LogP contribution in [0.15, 0.2) is 41.3 Å². The van der Waals surface area contributed by atoms with Crippen molar-refractivity contribution in [1.82, 2.24) is 14.9 Å². The molecule has 1 aliphatic carbocycles. The van der Waals surface area contributed by atoms with Crippen molar-refractivity contribution in [3.8, 4) is 0 Å². The van der Waals surface area contributed by atoms with Crippen molar-refractivity contribution in [1.29, 1.82) is 0 Å². The van der Waals surface area contributed by atoms with Crippen molar-refractivity contribution >= 4 is 27.6 Å². The second kappa shape index (κ2) is 10.8.